The fourth-order valence-electron chi connectivity index (χ4n) is 2.12. The zero-order valence-corrected chi connectivity index (χ0v) is 14.9. The van der Waals surface area contributed by atoms with E-state index in [9.17, 15) is 4.39 Å². The van der Waals surface area contributed by atoms with Crippen LogP contribution in [0.15, 0.2) is 29.3 Å². The minimum absolute atomic E-state index is 0.168. The van der Waals surface area contributed by atoms with Crippen LogP contribution in [-0.4, -0.2) is 38.1 Å². The highest BCUT2D eigenvalue weighted by atomic mass is 32.2. The van der Waals surface area contributed by atoms with Crippen LogP contribution in [0.3, 0.4) is 0 Å². The monoisotopic (exact) mass is 325 g/mol. The lowest BCUT2D eigenvalue weighted by molar-refractivity contribution is 0.503. The molecule has 0 heterocycles. The molecule has 0 amide bonds. The van der Waals surface area contributed by atoms with Crippen LogP contribution in [0.5, 0.6) is 0 Å². The molecule has 0 fully saturated rings. The lowest BCUT2D eigenvalue weighted by Crippen LogP contribution is -2.43. The molecule has 2 N–H and O–H groups in total. The first-order valence-electron chi connectivity index (χ1n) is 7.69. The number of unbranched alkanes of at least 4 members (excludes halogenated alkanes) is 1. The van der Waals surface area contributed by atoms with Gasteiger partial charge in [-0.3, -0.25) is 4.99 Å². The highest BCUT2D eigenvalue weighted by molar-refractivity contribution is 7.98. The van der Waals surface area contributed by atoms with Gasteiger partial charge >= 0.3 is 0 Å². The second kappa shape index (κ2) is 9.72. The van der Waals surface area contributed by atoms with Gasteiger partial charge in [-0.15, -0.1) is 0 Å². The Morgan fingerprint density at radius 1 is 1.27 bits per heavy atom. The van der Waals surface area contributed by atoms with Crippen LogP contribution in [0.25, 0.3) is 0 Å². The topological polar surface area (TPSA) is 36.4 Å². The summed E-state index contributed by atoms with van der Waals surface area (Å²) < 4.78 is 13.4. The van der Waals surface area contributed by atoms with E-state index in [1.165, 1.54) is 18.2 Å². The standard InChI is InChI=1S/C17H28FN3S/c1-17(2,14-8-7-9-15(18)12-14)13-21-16(19-3)20-10-5-6-11-22-4/h7-9,12H,5-6,10-11,13H2,1-4H3,(H2,19,20,21). The molecule has 0 radical (unpaired) electrons. The molecule has 0 aliphatic carbocycles. The summed E-state index contributed by atoms with van der Waals surface area (Å²) in [7, 11) is 1.77. The molecular weight excluding hydrogens is 297 g/mol. The van der Waals surface area contributed by atoms with E-state index < -0.39 is 0 Å². The Morgan fingerprint density at radius 2 is 2.05 bits per heavy atom. The van der Waals surface area contributed by atoms with Crippen LogP contribution in [0.2, 0.25) is 0 Å². The average Bonchev–Trinajstić information content (AvgIpc) is 2.50. The van der Waals surface area contributed by atoms with E-state index in [1.54, 1.807) is 19.2 Å². The number of benzene rings is 1. The Kier molecular flexibility index (Phi) is 8.31. The molecule has 22 heavy (non-hydrogen) atoms. The molecule has 0 atom stereocenters. The largest absolute Gasteiger partial charge is 0.356 e. The van der Waals surface area contributed by atoms with Crippen LogP contribution in [-0.2, 0) is 5.41 Å². The predicted octanol–water partition coefficient (Wildman–Crippen LogP) is 3.41. The number of guanidine groups is 1. The van der Waals surface area contributed by atoms with Crippen molar-refractivity contribution < 1.29 is 4.39 Å². The van der Waals surface area contributed by atoms with Gasteiger partial charge in [0.25, 0.3) is 0 Å². The van der Waals surface area contributed by atoms with Crippen molar-refractivity contribution in [2.45, 2.75) is 32.1 Å². The summed E-state index contributed by atoms with van der Waals surface area (Å²) in [5, 5.41) is 6.65. The zero-order valence-electron chi connectivity index (χ0n) is 14.1. The van der Waals surface area contributed by atoms with Gasteiger partial charge in [-0.05, 0) is 42.5 Å². The van der Waals surface area contributed by atoms with E-state index in [0.717, 1.165) is 24.5 Å². The Hall–Kier alpha value is -1.23. The van der Waals surface area contributed by atoms with Crippen molar-refractivity contribution in [2.24, 2.45) is 4.99 Å². The molecule has 0 saturated heterocycles. The van der Waals surface area contributed by atoms with Gasteiger partial charge in [-0.2, -0.15) is 11.8 Å². The van der Waals surface area contributed by atoms with E-state index in [1.807, 2.05) is 17.8 Å². The molecule has 0 aliphatic heterocycles. The van der Waals surface area contributed by atoms with Gasteiger partial charge in [0, 0.05) is 25.6 Å². The van der Waals surface area contributed by atoms with Crippen molar-refractivity contribution in [2.75, 3.05) is 32.1 Å². The number of nitrogens with one attached hydrogen (secondary N) is 2. The lowest BCUT2D eigenvalue weighted by atomic mass is 9.84. The van der Waals surface area contributed by atoms with Crippen molar-refractivity contribution >= 4 is 17.7 Å². The summed E-state index contributed by atoms with van der Waals surface area (Å²) >= 11 is 1.87. The van der Waals surface area contributed by atoms with Crippen LogP contribution >= 0.6 is 11.8 Å². The summed E-state index contributed by atoms with van der Waals surface area (Å²) in [6, 6.07) is 6.79. The van der Waals surface area contributed by atoms with E-state index in [4.69, 9.17) is 0 Å². The van der Waals surface area contributed by atoms with E-state index in [0.29, 0.717) is 6.54 Å². The van der Waals surface area contributed by atoms with Gasteiger partial charge in [0.2, 0.25) is 0 Å². The third kappa shape index (κ3) is 6.69. The van der Waals surface area contributed by atoms with Crippen molar-refractivity contribution in [1.29, 1.82) is 0 Å². The third-order valence-electron chi connectivity index (χ3n) is 3.60. The van der Waals surface area contributed by atoms with Gasteiger partial charge in [-0.25, -0.2) is 4.39 Å². The molecular formula is C17H28FN3S. The van der Waals surface area contributed by atoms with Crippen molar-refractivity contribution in [3.63, 3.8) is 0 Å². The Morgan fingerprint density at radius 3 is 2.68 bits per heavy atom. The first kappa shape index (κ1) is 18.8. The Balaban J connectivity index is 2.44. The van der Waals surface area contributed by atoms with Crippen LogP contribution in [0.4, 0.5) is 4.39 Å². The van der Waals surface area contributed by atoms with Crippen LogP contribution < -0.4 is 10.6 Å². The zero-order chi connectivity index (χ0) is 16.4. The summed E-state index contributed by atoms with van der Waals surface area (Å²) in [6.07, 6.45) is 4.47. The number of thioether (sulfide) groups is 1. The maximum absolute atomic E-state index is 13.4. The third-order valence-corrected chi connectivity index (χ3v) is 4.29. The summed E-state index contributed by atoms with van der Waals surface area (Å²) in [6.45, 7) is 5.81. The maximum atomic E-state index is 13.4. The highest BCUT2D eigenvalue weighted by Crippen LogP contribution is 2.22. The van der Waals surface area contributed by atoms with E-state index >= 15 is 0 Å². The van der Waals surface area contributed by atoms with E-state index in [2.05, 4.69) is 35.7 Å². The summed E-state index contributed by atoms with van der Waals surface area (Å²) in [4.78, 5) is 4.24. The first-order valence-corrected chi connectivity index (χ1v) is 9.08. The van der Waals surface area contributed by atoms with Gasteiger partial charge < -0.3 is 10.6 Å². The van der Waals surface area contributed by atoms with Crippen LogP contribution in [0.1, 0.15) is 32.3 Å². The number of hydrogen-bond acceptors (Lipinski definition) is 2. The van der Waals surface area contributed by atoms with Crippen molar-refractivity contribution in [3.05, 3.63) is 35.6 Å². The van der Waals surface area contributed by atoms with Gasteiger partial charge in [0.05, 0.1) is 0 Å². The normalized spacial score (nSPS) is 12.3. The molecule has 0 aromatic heterocycles. The molecule has 1 aromatic rings. The molecule has 0 aliphatic rings. The molecule has 0 saturated carbocycles. The number of rotatable bonds is 8. The second-order valence-electron chi connectivity index (χ2n) is 5.95. The highest BCUT2D eigenvalue weighted by Gasteiger charge is 2.21. The fraction of sp³-hybridized carbons (Fsp3) is 0.588. The number of halogens is 1. The second-order valence-corrected chi connectivity index (χ2v) is 6.93. The molecule has 3 nitrogen and oxygen atoms in total. The molecule has 0 spiro atoms. The number of aliphatic imine (C=N–C) groups is 1. The Labute approximate surface area is 138 Å². The predicted molar refractivity (Wildman–Crippen MR) is 96.4 cm³/mol. The van der Waals surface area contributed by atoms with Crippen LogP contribution in [0, 0.1) is 5.82 Å². The summed E-state index contributed by atoms with van der Waals surface area (Å²) in [5.74, 6) is 1.80. The minimum atomic E-state index is -0.193. The average molecular weight is 325 g/mol. The van der Waals surface area contributed by atoms with Gasteiger partial charge in [-0.1, -0.05) is 26.0 Å². The molecule has 1 aromatic carbocycles. The molecule has 1 rings (SSSR count). The fourth-order valence-corrected chi connectivity index (χ4v) is 2.61. The quantitative estimate of drug-likeness (QED) is 0.437. The Bertz CT molecular complexity index is 475. The van der Waals surface area contributed by atoms with Gasteiger partial charge in [0.15, 0.2) is 5.96 Å². The molecule has 124 valence electrons. The lowest BCUT2D eigenvalue weighted by Gasteiger charge is -2.26. The van der Waals surface area contributed by atoms with Crippen molar-refractivity contribution in [1.82, 2.24) is 10.6 Å². The minimum Gasteiger partial charge on any atom is -0.356 e. The summed E-state index contributed by atoms with van der Waals surface area (Å²) in [5.41, 5.74) is 0.814. The smallest absolute Gasteiger partial charge is 0.191 e. The number of hydrogen-bond donors (Lipinski definition) is 2. The van der Waals surface area contributed by atoms with Crippen molar-refractivity contribution in [3.8, 4) is 0 Å². The molecule has 5 heteroatoms. The SMILES string of the molecule is CN=C(NCCCCSC)NCC(C)(C)c1cccc(F)c1. The molecule has 0 bridgehead atoms. The maximum Gasteiger partial charge on any atom is 0.191 e. The van der Waals surface area contributed by atoms with E-state index in [-0.39, 0.29) is 11.2 Å². The molecule has 0 unspecified atom stereocenters. The van der Waals surface area contributed by atoms with Gasteiger partial charge in [0.1, 0.15) is 5.82 Å². The first-order chi connectivity index (χ1) is 10.5. The number of nitrogens with zero attached hydrogens (tertiary/aromatic N) is 1.